The van der Waals surface area contributed by atoms with Crippen molar-refractivity contribution >= 4 is 5.78 Å². The molecule has 0 aliphatic carbocycles. The predicted molar refractivity (Wildman–Crippen MR) is 71.8 cm³/mol. The zero-order valence-electron chi connectivity index (χ0n) is 10.9. The van der Waals surface area contributed by atoms with Gasteiger partial charge in [-0.15, -0.1) is 0 Å². The minimum Gasteiger partial charge on any atom is -0.312 e. The molecule has 0 amide bonds. The summed E-state index contributed by atoms with van der Waals surface area (Å²) < 4.78 is 0. The Bertz CT molecular complexity index is 321. The van der Waals surface area contributed by atoms with E-state index in [1.807, 2.05) is 25.1 Å². The van der Waals surface area contributed by atoms with E-state index < -0.39 is 0 Å². The van der Waals surface area contributed by atoms with Gasteiger partial charge in [-0.25, -0.2) is 0 Å². The number of nitrogens with one attached hydrogen (secondary N) is 1. The van der Waals surface area contributed by atoms with Crippen molar-refractivity contribution in [3.8, 4) is 0 Å². The number of carbonyl (C=O) groups excluding carboxylic acids is 1. The molecule has 0 radical (unpaired) electrons. The van der Waals surface area contributed by atoms with Crippen molar-refractivity contribution in [1.82, 2.24) is 5.32 Å². The van der Waals surface area contributed by atoms with Crippen molar-refractivity contribution in [2.24, 2.45) is 5.92 Å². The largest absolute Gasteiger partial charge is 0.312 e. The topological polar surface area (TPSA) is 29.1 Å². The Hall–Kier alpha value is -1.15. The Morgan fingerprint density at radius 3 is 2.65 bits per heavy atom. The van der Waals surface area contributed by atoms with Crippen LogP contribution in [-0.4, -0.2) is 12.3 Å². The van der Waals surface area contributed by atoms with E-state index in [2.05, 4.69) is 24.4 Å². The quantitative estimate of drug-likeness (QED) is 0.699. The zero-order chi connectivity index (χ0) is 12.5. The van der Waals surface area contributed by atoms with Crippen LogP contribution in [0.5, 0.6) is 0 Å². The van der Waals surface area contributed by atoms with Gasteiger partial charge in [0.15, 0.2) is 0 Å². The first-order valence-electron chi connectivity index (χ1n) is 6.51. The van der Waals surface area contributed by atoms with Gasteiger partial charge < -0.3 is 5.32 Å². The van der Waals surface area contributed by atoms with Crippen LogP contribution in [0.25, 0.3) is 0 Å². The molecule has 0 spiro atoms. The lowest BCUT2D eigenvalue weighted by molar-refractivity contribution is -0.122. The smallest absolute Gasteiger partial charge is 0.136 e. The molecule has 1 aromatic rings. The van der Waals surface area contributed by atoms with Crippen molar-refractivity contribution in [2.45, 2.75) is 39.7 Å². The monoisotopic (exact) mass is 233 g/mol. The van der Waals surface area contributed by atoms with Crippen LogP contribution in [0.2, 0.25) is 0 Å². The number of hydrogen-bond acceptors (Lipinski definition) is 2. The molecule has 1 N–H and O–H groups in total. The lowest BCUT2D eigenvalue weighted by Gasteiger charge is -2.09. The second-order valence-electron chi connectivity index (χ2n) is 4.57. The maximum atomic E-state index is 11.7. The third-order valence-corrected chi connectivity index (χ3v) is 2.99. The van der Waals surface area contributed by atoms with E-state index in [1.165, 1.54) is 5.56 Å². The maximum absolute atomic E-state index is 11.7. The van der Waals surface area contributed by atoms with E-state index in [9.17, 15) is 4.79 Å². The molecule has 1 atom stereocenters. The van der Waals surface area contributed by atoms with Gasteiger partial charge in [0, 0.05) is 25.4 Å². The predicted octanol–water partition coefficient (Wildman–Crippen LogP) is 3.17. The molecule has 1 rings (SSSR count). The molecule has 1 unspecified atom stereocenters. The highest BCUT2D eigenvalue weighted by Crippen LogP contribution is 2.08. The molecule has 0 aromatic heterocycles. The molecular formula is C15H23NO. The van der Waals surface area contributed by atoms with Crippen LogP contribution in [0.4, 0.5) is 0 Å². The average molecular weight is 233 g/mol. The summed E-state index contributed by atoms with van der Waals surface area (Å²) in [5.41, 5.74) is 1.27. The molecule has 0 fully saturated rings. The summed E-state index contributed by atoms with van der Waals surface area (Å²) in [5.74, 6) is 0.603. The number of carbonyl (C=O) groups is 1. The van der Waals surface area contributed by atoms with Crippen molar-refractivity contribution < 1.29 is 4.79 Å². The minimum atomic E-state index is 0.221. The van der Waals surface area contributed by atoms with Gasteiger partial charge in [-0.05, 0) is 12.0 Å². The summed E-state index contributed by atoms with van der Waals surface area (Å²) in [5, 5.41) is 3.31. The summed E-state index contributed by atoms with van der Waals surface area (Å²) in [6, 6.07) is 10.3. The van der Waals surface area contributed by atoms with Crippen LogP contribution in [0, 0.1) is 5.92 Å². The Morgan fingerprint density at radius 1 is 1.29 bits per heavy atom. The highest BCUT2D eigenvalue weighted by atomic mass is 16.1. The number of hydrogen-bond donors (Lipinski definition) is 1. The lowest BCUT2D eigenvalue weighted by atomic mass is 9.99. The van der Waals surface area contributed by atoms with Gasteiger partial charge in [-0.2, -0.15) is 0 Å². The third-order valence-electron chi connectivity index (χ3n) is 2.99. The van der Waals surface area contributed by atoms with Gasteiger partial charge in [-0.3, -0.25) is 4.79 Å². The van der Waals surface area contributed by atoms with Gasteiger partial charge >= 0.3 is 0 Å². The second kappa shape index (κ2) is 8.02. The van der Waals surface area contributed by atoms with E-state index in [0.717, 1.165) is 25.9 Å². The average Bonchev–Trinajstić information content (AvgIpc) is 2.36. The molecule has 2 nitrogen and oxygen atoms in total. The molecule has 94 valence electrons. The standard InChI is InChI=1S/C15H23NO/c1-3-7-13(2)15(17)10-11-16-12-14-8-5-4-6-9-14/h4-6,8-9,13,16H,3,7,10-12H2,1-2H3. The van der Waals surface area contributed by atoms with Crippen molar-refractivity contribution in [2.75, 3.05) is 6.54 Å². The van der Waals surface area contributed by atoms with Crippen LogP contribution in [-0.2, 0) is 11.3 Å². The molecule has 0 bridgehead atoms. The van der Waals surface area contributed by atoms with Gasteiger partial charge in [0.05, 0.1) is 0 Å². The summed E-state index contributed by atoms with van der Waals surface area (Å²) in [7, 11) is 0. The lowest BCUT2D eigenvalue weighted by Crippen LogP contribution is -2.20. The van der Waals surface area contributed by atoms with E-state index >= 15 is 0 Å². The summed E-state index contributed by atoms with van der Waals surface area (Å²) >= 11 is 0. The molecule has 0 aliphatic rings. The third kappa shape index (κ3) is 5.64. The summed E-state index contributed by atoms with van der Waals surface area (Å²) in [4.78, 5) is 11.7. The van der Waals surface area contributed by atoms with E-state index in [-0.39, 0.29) is 5.92 Å². The van der Waals surface area contributed by atoms with E-state index in [0.29, 0.717) is 12.2 Å². The van der Waals surface area contributed by atoms with Crippen LogP contribution >= 0.6 is 0 Å². The van der Waals surface area contributed by atoms with E-state index in [4.69, 9.17) is 0 Å². The number of ketones is 1. The highest BCUT2D eigenvalue weighted by Gasteiger charge is 2.10. The molecule has 17 heavy (non-hydrogen) atoms. The van der Waals surface area contributed by atoms with Crippen LogP contribution < -0.4 is 5.32 Å². The molecule has 1 aromatic carbocycles. The summed E-state index contributed by atoms with van der Waals surface area (Å²) in [6.07, 6.45) is 2.75. The van der Waals surface area contributed by atoms with E-state index in [1.54, 1.807) is 0 Å². The van der Waals surface area contributed by atoms with Crippen molar-refractivity contribution in [3.05, 3.63) is 35.9 Å². The number of benzene rings is 1. The molecule has 0 saturated heterocycles. The molecule has 0 heterocycles. The highest BCUT2D eigenvalue weighted by molar-refractivity contribution is 5.80. The Kier molecular flexibility index (Phi) is 6.56. The van der Waals surface area contributed by atoms with Gasteiger partial charge in [0.2, 0.25) is 0 Å². The first-order chi connectivity index (χ1) is 8.24. The number of rotatable bonds is 8. The van der Waals surface area contributed by atoms with Crippen molar-refractivity contribution in [3.63, 3.8) is 0 Å². The van der Waals surface area contributed by atoms with Crippen molar-refractivity contribution in [1.29, 1.82) is 0 Å². The summed E-state index contributed by atoms with van der Waals surface area (Å²) in [6.45, 7) is 5.78. The maximum Gasteiger partial charge on any atom is 0.136 e. The number of Topliss-reactive ketones (excluding diaryl/α,β-unsaturated/α-hetero) is 1. The zero-order valence-corrected chi connectivity index (χ0v) is 10.9. The first kappa shape index (κ1) is 13.9. The molecular weight excluding hydrogens is 210 g/mol. The van der Waals surface area contributed by atoms with Crippen LogP contribution in [0.1, 0.15) is 38.7 Å². The second-order valence-corrected chi connectivity index (χ2v) is 4.57. The SMILES string of the molecule is CCCC(C)C(=O)CCNCc1ccccc1. The van der Waals surface area contributed by atoms with Gasteiger partial charge in [0.25, 0.3) is 0 Å². The molecule has 0 saturated carbocycles. The fourth-order valence-corrected chi connectivity index (χ4v) is 1.88. The Balaban J connectivity index is 2.14. The van der Waals surface area contributed by atoms with Crippen LogP contribution in [0.3, 0.4) is 0 Å². The van der Waals surface area contributed by atoms with Gasteiger partial charge in [-0.1, -0.05) is 50.6 Å². The fourth-order valence-electron chi connectivity index (χ4n) is 1.88. The van der Waals surface area contributed by atoms with Gasteiger partial charge in [0.1, 0.15) is 5.78 Å². The molecule has 0 aliphatic heterocycles. The Labute approximate surface area is 104 Å². The minimum absolute atomic E-state index is 0.221. The molecule has 2 heteroatoms. The van der Waals surface area contributed by atoms with Crippen LogP contribution in [0.15, 0.2) is 30.3 Å². The fraction of sp³-hybridized carbons (Fsp3) is 0.533. The first-order valence-corrected chi connectivity index (χ1v) is 6.51. The normalized spacial score (nSPS) is 12.4. The Morgan fingerprint density at radius 2 is 2.00 bits per heavy atom.